The van der Waals surface area contributed by atoms with Gasteiger partial charge < -0.3 is 4.90 Å². The lowest BCUT2D eigenvalue weighted by Gasteiger charge is -2.17. The van der Waals surface area contributed by atoms with Crippen LogP contribution in [-0.2, 0) is 14.6 Å². The van der Waals surface area contributed by atoms with Crippen molar-refractivity contribution >= 4 is 32.1 Å². The van der Waals surface area contributed by atoms with Gasteiger partial charge in [0.15, 0.2) is 5.78 Å². The average molecular weight is 420 g/mol. The standard InChI is InChI=1S/C24H21NO4S/c1-18(26)19-13-15-20(16-14-19)23(30(28,29)22-11-7-4-8-12-22)17-24(27)25(2)21-9-5-3-6-10-21/h3-17H,1-2H3/b23-17+. The summed E-state index contributed by atoms with van der Waals surface area (Å²) in [5, 5.41) is 0. The molecule has 3 rings (SSSR count). The van der Waals surface area contributed by atoms with Crippen molar-refractivity contribution in [2.75, 3.05) is 11.9 Å². The van der Waals surface area contributed by atoms with E-state index in [9.17, 15) is 18.0 Å². The normalized spacial score (nSPS) is 11.7. The molecule has 3 aromatic rings. The predicted molar refractivity (Wildman–Crippen MR) is 118 cm³/mol. The van der Waals surface area contributed by atoms with Crippen LogP contribution in [0.15, 0.2) is 95.9 Å². The number of Topliss-reactive ketones (excluding diaryl/α,β-unsaturated/α-hetero) is 1. The first-order valence-electron chi connectivity index (χ1n) is 9.26. The summed E-state index contributed by atoms with van der Waals surface area (Å²) in [6, 6.07) is 23.1. The summed E-state index contributed by atoms with van der Waals surface area (Å²) in [6.45, 7) is 1.44. The van der Waals surface area contributed by atoms with Crippen molar-refractivity contribution in [1.29, 1.82) is 0 Å². The van der Waals surface area contributed by atoms with Crippen LogP contribution in [0.25, 0.3) is 4.91 Å². The Labute approximate surface area is 176 Å². The number of sulfone groups is 1. The molecule has 5 nitrogen and oxygen atoms in total. The zero-order valence-electron chi connectivity index (χ0n) is 16.6. The van der Waals surface area contributed by atoms with Crippen LogP contribution in [0.1, 0.15) is 22.8 Å². The molecule has 3 aromatic carbocycles. The lowest BCUT2D eigenvalue weighted by molar-refractivity contribution is -0.113. The molecule has 0 spiro atoms. The van der Waals surface area contributed by atoms with E-state index >= 15 is 0 Å². The van der Waals surface area contributed by atoms with Gasteiger partial charge in [0.1, 0.15) is 0 Å². The van der Waals surface area contributed by atoms with E-state index < -0.39 is 15.7 Å². The minimum atomic E-state index is -3.97. The van der Waals surface area contributed by atoms with Crippen molar-refractivity contribution in [3.63, 3.8) is 0 Å². The lowest BCUT2D eigenvalue weighted by Crippen LogP contribution is -2.25. The number of anilines is 1. The van der Waals surface area contributed by atoms with E-state index in [0.717, 1.165) is 6.08 Å². The molecular weight excluding hydrogens is 398 g/mol. The van der Waals surface area contributed by atoms with E-state index in [-0.39, 0.29) is 15.6 Å². The summed E-state index contributed by atoms with van der Waals surface area (Å²) in [7, 11) is -2.39. The SMILES string of the molecule is CC(=O)c1ccc(/C(=C\C(=O)N(C)c2ccccc2)S(=O)(=O)c2ccccc2)cc1. The number of benzene rings is 3. The number of hydrogen-bond acceptors (Lipinski definition) is 4. The van der Waals surface area contributed by atoms with Crippen LogP contribution in [-0.4, -0.2) is 27.2 Å². The number of para-hydroxylation sites is 1. The Kier molecular flexibility index (Phi) is 6.28. The first-order chi connectivity index (χ1) is 14.3. The van der Waals surface area contributed by atoms with Crippen LogP contribution in [0, 0.1) is 0 Å². The lowest BCUT2D eigenvalue weighted by atomic mass is 10.1. The molecule has 0 aliphatic carbocycles. The minimum Gasteiger partial charge on any atom is -0.312 e. The van der Waals surface area contributed by atoms with Crippen molar-refractivity contribution in [1.82, 2.24) is 0 Å². The zero-order valence-corrected chi connectivity index (χ0v) is 17.5. The van der Waals surface area contributed by atoms with Gasteiger partial charge in [-0.25, -0.2) is 8.42 Å². The van der Waals surface area contributed by atoms with E-state index in [1.165, 1.54) is 24.0 Å². The van der Waals surface area contributed by atoms with Gasteiger partial charge in [0, 0.05) is 24.4 Å². The van der Waals surface area contributed by atoms with Crippen molar-refractivity contribution in [2.45, 2.75) is 11.8 Å². The van der Waals surface area contributed by atoms with Gasteiger partial charge in [0.05, 0.1) is 9.80 Å². The molecule has 0 saturated carbocycles. The van der Waals surface area contributed by atoms with Gasteiger partial charge in [-0.15, -0.1) is 0 Å². The molecule has 30 heavy (non-hydrogen) atoms. The van der Waals surface area contributed by atoms with E-state index in [4.69, 9.17) is 0 Å². The topological polar surface area (TPSA) is 71.5 Å². The molecule has 0 aliphatic rings. The number of rotatable bonds is 6. The van der Waals surface area contributed by atoms with Crippen molar-refractivity contribution in [3.05, 3.63) is 102 Å². The van der Waals surface area contributed by atoms with Gasteiger partial charge in [-0.3, -0.25) is 9.59 Å². The summed E-state index contributed by atoms with van der Waals surface area (Å²) in [4.78, 5) is 25.8. The molecule has 0 aliphatic heterocycles. The van der Waals surface area contributed by atoms with Crippen molar-refractivity contribution in [2.24, 2.45) is 0 Å². The van der Waals surface area contributed by atoms with Gasteiger partial charge in [-0.05, 0) is 36.8 Å². The van der Waals surface area contributed by atoms with E-state index in [1.54, 1.807) is 73.8 Å². The Morgan fingerprint density at radius 1 is 0.767 bits per heavy atom. The van der Waals surface area contributed by atoms with E-state index in [0.29, 0.717) is 16.8 Å². The van der Waals surface area contributed by atoms with Crippen LogP contribution in [0.5, 0.6) is 0 Å². The Morgan fingerprint density at radius 3 is 1.80 bits per heavy atom. The molecule has 0 unspecified atom stereocenters. The highest BCUT2D eigenvalue weighted by Crippen LogP contribution is 2.29. The second-order valence-corrected chi connectivity index (χ2v) is 8.61. The maximum atomic E-state index is 13.3. The molecule has 0 saturated heterocycles. The molecule has 0 heterocycles. The van der Waals surface area contributed by atoms with E-state index in [1.807, 2.05) is 6.07 Å². The molecule has 0 fully saturated rings. The molecule has 0 radical (unpaired) electrons. The molecular formula is C24H21NO4S. The van der Waals surface area contributed by atoms with Crippen LogP contribution < -0.4 is 4.90 Å². The number of likely N-dealkylation sites (N-methyl/N-ethyl adjacent to an activating group) is 1. The van der Waals surface area contributed by atoms with Gasteiger partial charge in [-0.2, -0.15) is 0 Å². The average Bonchev–Trinajstić information content (AvgIpc) is 2.78. The fraction of sp³-hybridized carbons (Fsp3) is 0.0833. The van der Waals surface area contributed by atoms with Crippen molar-refractivity contribution in [3.8, 4) is 0 Å². The number of hydrogen-bond donors (Lipinski definition) is 0. The Hall–Kier alpha value is -3.51. The Bertz CT molecular complexity index is 1180. The summed E-state index contributed by atoms with van der Waals surface area (Å²) >= 11 is 0. The highest BCUT2D eigenvalue weighted by molar-refractivity contribution is 8.00. The number of carbonyl (C=O) groups is 2. The third-order valence-corrected chi connectivity index (χ3v) is 6.47. The van der Waals surface area contributed by atoms with Crippen LogP contribution in [0.3, 0.4) is 0 Å². The molecule has 6 heteroatoms. The maximum Gasteiger partial charge on any atom is 0.252 e. The quantitative estimate of drug-likeness (QED) is 0.439. The zero-order chi connectivity index (χ0) is 21.7. The monoisotopic (exact) mass is 419 g/mol. The second-order valence-electron chi connectivity index (χ2n) is 6.69. The summed E-state index contributed by atoms with van der Waals surface area (Å²) in [5.74, 6) is -0.607. The smallest absolute Gasteiger partial charge is 0.252 e. The number of carbonyl (C=O) groups excluding carboxylic acids is 2. The first-order valence-corrected chi connectivity index (χ1v) is 10.7. The minimum absolute atomic E-state index is 0.0852. The molecule has 0 bridgehead atoms. The highest BCUT2D eigenvalue weighted by Gasteiger charge is 2.24. The third kappa shape index (κ3) is 4.55. The largest absolute Gasteiger partial charge is 0.312 e. The van der Waals surface area contributed by atoms with Crippen LogP contribution in [0.2, 0.25) is 0 Å². The Balaban J connectivity index is 2.11. The summed E-state index contributed by atoms with van der Waals surface area (Å²) < 4.78 is 26.7. The first kappa shape index (κ1) is 21.2. The second kappa shape index (κ2) is 8.88. The molecule has 1 amide bonds. The van der Waals surface area contributed by atoms with Crippen LogP contribution in [0.4, 0.5) is 5.69 Å². The molecule has 0 N–H and O–H groups in total. The third-order valence-electron chi connectivity index (χ3n) is 4.65. The summed E-state index contributed by atoms with van der Waals surface area (Å²) in [6.07, 6.45) is 1.12. The van der Waals surface area contributed by atoms with Crippen molar-refractivity contribution < 1.29 is 18.0 Å². The van der Waals surface area contributed by atoms with Gasteiger partial charge in [0.25, 0.3) is 5.91 Å². The Morgan fingerprint density at radius 2 is 1.27 bits per heavy atom. The summed E-state index contributed by atoms with van der Waals surface area (Å²) in [5.41, 5.74) is 1.43. The van der Waals surface area contributed by atoms with Gasteiger partial charge in [0.2, 0.25) is 9.84 Å². The fourth-order valence-corrected chi connectivity index (χ4v) is 4.37. The predicted octanol–water partition coefficient (Wildman–Crippen LogP) is 4.37. The number of ketones is 1. The maximum absolute atomic E-state index is 13.3. The fourth-order valence-electron chi connectivity index (χ4n) is 2.90. The molecule has 152 valence electrons. The van der Waals surface area contributed by atoms with E-state index in [2.05, 4.69) is 0 Å². The van der Waals surface area contributed by atoms with Gasteiger partial charge in [-0.1, -0.05) is 60.7 Å². The van der Waals surface area contributed by atoms with Crippen LogP contribution >= 0.6 is 0 Å². The number of amides is 1. The van der Waals surface area contributed by atoms with Gasteiger partial charge >= 0.3 is 0 Å². The highest BCUT2D eigenvalue weighted by atomic mass is 32.2. The molecule has 0 atom stereocenters. The number of nitrogens with zero attached hydrogens (tertiary/aromatic N) is 1. The molecule has 0 aromatic heterocycles.